The fourth-order valence-corrected chi connectivity index (χ4v) is 1.71. The highest BCUT2D eigenvalue weighted by Crippen LogP contribution is 2.26. The highest BCUT2D eigenvalue weighted by Gasteiger charge is 2.27. The standard InChI is InChI=1S/C11H13NO2/c1-14-7-8-4-2-3-5-9(8)10-6-11(13)12-10/h2-5,10H,6-7H2,1H3,(H,12,13). The van der Waals surface area contributed by atoms with E-state index < -0.39 is 0 Å². The molecule has 1 amide bonds. The van der Waals surface area contributed by atoms with Crippen LogP contribution in [0.2, 0.25) is 0 Å². The molecule has 1 aliphatic rings. The molecule has 74 valence electrons. The molecule has 1 aromatic rings. The fraction of sp³-hybridized carbons (Fsp3) is 0.364. The summed E-state index contributed by atoms with van der Waals surface area (Å²) in [5.74, 6) is 0.127. The van der Waals surface area contributed by atoms with Gasteiger partial charge in [-0.05, 0) is 11.1 Å². The lowest BCUT2D eigenvalue weighted by atomic mass is 9.93. The monoisotopic (exact) mass is 191 g/mol. The van der Waals surface area contributed by atoms with Gasteiger partial charge in [0, 0.05) is 7.11 Å². The molecule has 1 saturated heterocycles. The highest BCUT2D eigenvalue weighted by atomic mass is 16.5. The number of methoxy groups -OCH3 is 1. The largest absolute Gasteiger partial charge is 0.380 e. The van der Waals surface area contributed by atoms with Gasteiger partial charge >= 0.3 is 0 Å². The van der Waals surface area contributed by atoms with Crippen LogP contribution in [-0.2, 0) is 16.1 Å². The van der Waals surface area contributed by atoms with Gasteiger partial charge in [0.05, 0.1) is 19.1 Å². The molecule has 2 rings (SSSR count). The summed E-state index contributed by atoms with van der Waals surface area (Å²) >= 11 is 0. The van der Waals surface area contributed by atoms with Crippen molar-refractivity contribution in [3.63, 3.8) is 0 Å². The molecule has 0 radical (unpaired) electrons. The zero-order valence-corrected chi connectivity index (χ0v) is 8.12. The molecule has 3 heteroatoms. The van der Waals surface area contributed by atoms with E-state index in [9.17, 15) is 4.79 Å². The zero-order chi connectivity index (χ0) is 9.97. The van der Waals surface area contributed by atoms with E-state index in [1.54, 1.807) is 7.11 Å². The quantitative estimate of drug-likeness (QED) is 0.733. The summed E-state index contributed by atoms with van der Waals surface area (Å²) in [5, 5.41) is 2.86. The van der Waals surface area contributed by atoms with Crippen LogP contribution in [0.1, 0.15) is 23.6 Å². The molecule has 14 heavy (non-hydrogen) atoms. The second kappa shape index (κ2) is 3.80. The minimum absolute atomic E-state index is 0.127. The molecule has 1 N–H and O–H groups in total. The summed E-state index contributed by atoms with van der Waals surface area (Å²) in [5.41, 5.74) is 2.33. The molecule has 1 fully saturated rings. The van der Waals surface area contributed by atoms with E-state index in [4.69, 9.17) is 4.74 Å². The smallest absolute Gasteiger partial charge is 0.222 e. The van der Waals surface area contributed by atoms with Crippen LogP contribution in [0.25, 0.3) is 0 Å². The lowest BCUT2D eigenvalue weighted by Gasteiger charge is -2.28. The van der Waals surface area contributed by atoms with E-state index >= 15 is 0 Å². The van der Waals surface area contributed by atoms with E-state index in [1.165, 1.54) is 5.56 Å². The maximum atomic E-state index is 10.8. The van der Waals surface area contributed by atoms with Crippen molar-refractivity contribution in [1.29, 1.82) is 0 Å². The Hall–Kier alpha value is -1.35. The van der Waals surface area contributed by atoms with Crippen LogP contribution >= 0.6 is 0 Å². The summed E-state index contributed by atoms with van der Waals surface area (Å²) in [4.78, 5) is 10.8. The summed E-state index contributed by atoms with van der Waals surface area (Å²) in [6.07, 6.45) is 0.598. The Bertz CT molecular complexity index is 341. The fourth-order valence-electron chi connectivity index (χ4n) is 1.71. The average Bonchev–Trinajstić information content (AvgIpc) is 2.15. The van der Waals surface area contributed by atoms with Crippen LogP contribution < -0.4 is 5.32 Å². The SMILES string of the molecule is COCc1ccccc1C1CC(=O)N1. The molecular weight excluding hydrogens is 178 g/mol. The third-order valence-corrected chi connectivity index (χ3v) is 2.46. The summed E-state index contributed by atoms with van der Waals surface area (Å²) in [7, 11) is 1.68. The van der Waals surface area contributed by atoms with Crippen molar-refractivity contribution < 1.29 is 9.53 Å². The zero-order valence-electron chi connectivity index (χ0n) is 8.12. The lowest BCUT2D eigenvalue weighted by molar-refractivity contribution is -0.128. The molecular formula is C11H13NO2. The van der Waals surface area contributed by atoms with E-state index in [0.29, 0.717) is 13.0 Å². The first-order valence-electron chi connectivity index (χ1n) is 4.67. The van der Waals surface area contributed by atoms with Crippen LogP contribution in [0.5, 0.6) is 0 Å². The van der Waals surface area contributed by atoms with Crippen molar-refractivity contribution in [1.82, 2.24) is 5.32 Å². The Balaban J connectivity index is 2.19. The normalized spacial score (nSPS) is 20.1. The third-order valence-electron chi connectivity index (χ3n) is 2.46. The Morgan fingerprint density at radius 3 is 2.86 bits per heavy atom. The van der Waals surface area contributed by atoms with Crippen LogP contribution in [0.15, 0.2) is 24.3 Å². The van der Waals surface area contributed by atoms with Crippen molar-refractivity contribution >= 4 is 5.91 Å². The second-order valence-corrected chi connectivity index (χ2v) is 3.46. The molecule has 1 heterocycles. The number of β-lactam (4-membered cyclic amide) rings is 1. The number of carbonyl (C=O) groups is 1. The Morgan fingerprint density at radius 1 is 1.50 bits per heavy atom. The molecule has 1 atom stereocenters. The van der Waals surface area contributed by atoms with Gasteiger partial charge in [-0.15, -0.1) is 0 Å². The number of rotatable bonds is 3. The predicted molar refractivity (Wildman–Crippen MR) is 52.7 cm³/mol. The predicted octanol–water partition coefficient (Wildman–Crippen LogP) is 1.39. The van der Waals surface area contributed by atoms with Gasteiger partial charge in [-0.3, -0.25) is 4.79 Å². The number of amides is 1. The molecule has 0 aromatic heterocycles. The van der Waals surface area contributed by atoms with Gasteiger partial charge in [-0.1, -0.05) is 24.3 Å². The summed E-state index contributed by atoms with van der Waals surface area (Å²) in [6.45, 7) is 0.600. The maximum absolute atomic E-state index is 10.8. The second-order valence-electron chi connectivity index (χ2n) is 3.46. The maximum Gasteiger partial charge on any atom is 0.222 e. The van der Waals surface area contributed by atoms with Crippen LogP contribution in [0, 0.1) is 0 Å². The van der Waals surface area contributed by atoms with Gasteiger partial charge in [0.1, 0.15) is 0 Å². The average molecular weight is 191 g/mol. The number of hydrogen-bond donors (Lipinski definition) is 1. The molecule has 1 aromatic carbocycles. The van der Waals surface area contributed by atoms with E-state index in [-0.39, 0.29) is 11.9 Å². The van der Waals surface area contributed by atoms with Gasteiger partial charge in [0.2, 0.25) is 5.91 Å². The van der Waals surface area contributed by atoms with Crippen molar-refractivity contribution in [2.75, 3.05) is 7.11 Å². The van der Waals surface area contributed by atoms with E-state index in [1.807, 2.05) is 24.3 Å². The third kappa shape index (κ3) is 1.63. The van der Waals surface area contributed by atoms with Gasteiger partial charge < -0.3 is 10.1 Å². The first-order chi connectivity index (χ1) is 6.81. The summed E-state index contributed by atoms with van der Waals surface area (Å²) < 4.78 is 5.10. The lowest BCUT2D eigenvalue weighted by Crippen LogP contribution is -2.41. The van der Waals surface area contributed by atoms with Crippen LogP contribution in [0.4, 0.5) is 0 Å². The van der Waals surface area contributed by atoms with E-state index in [2.05, 4.69) is 5.32 Å². The first-order valence-corrected chi connectivity index (χ1v) is 4.67. The Morgan fingerprint density at radius 2 is 2.21 bits per heavy atom. The number of ether oxygens (including phenoxy) is 1. The minimum atomic E-state index is 0.127. The number of hydrogen-bond acceptors (Lipinski definition) is 2. The Labute approximate surface area is 83.1 Å². The highest BCUT2D eigenvalue weighted by molar-refractivity contribution is 5.83. The van der Waals surface area contributed by atoms with Crippen molar-refractivity contribution in [3.05, 3.63) is 35.4 Å². The molecule has 0 saturated carbocycles. The van der Waals surface area contributed by atoms with Crippen LogP contribution in [0.3, 0.4) is 0 Å². The van der Waals surface area contributed by atoms with Crippen molar-refractivity contribution in [2.24, 2.45) is 0 Å². The topological polar surface area (TPSA) is 38.3 Å². The Kier molecular flexibility index (Phi) is 2.50. The number of carbonyl (C=O) groups excluding carboxylic acids is 1. The van der Waals surface area contributed by atoms with Crippen molar-refractivity contribution in [3.8, 4) is 0 Å². The number of benzene rings is 1. The van der Waals surface area contributed by atoms with Gasteiger partial charge in [-0.2, -0.15) is 0 Å². The molecule has 3 nitrogen and oxygen atoms in total. The summed E-state index contributed by atoms with van der Waals surface area (Å²) in [6, 6.07) is 8.23. The first kappa shape index (κ1) is 9.21. The molecule has 1 unspecified atom stereocenters. The van der Waals surface area contributed by atoms with Gasteiger partial charge in [0.15, 0.2) is 0 Å². The minimum Gasteiger partial charge on any atom is -0.380 e. The van der Waals surface area contributed by atoms with Gasteiger partial charge in [-0.25, -0.2) is 0 Å². The molecule has 0 aliphatic carbocycles. The molecule has 1 aliphatic heterocycles. The molecule has 0 spiro atoms. The van der Waals surface area contributed by atoms with Gasteiger partial charge in [0.25, 0.3) is 0 Å². The number of nitrogens with one attached hydrogen (secondary N) is 1. The van der Waals surface area contributed by atoms with Crippen LogP contribution in [-0.4, -0.2) is 13.0 Å². The van der Waals surface area contributed by atoms with Crippen molar-refractivity contribution in [2.45, 2.75) is 19.1 Å². The van der Waals surface area contributed by atoms with E-state index in [0.717, 1.165) is 5.56 Å². The molecule has 0 bridgehead atoms.